The van der Waals surface area contributed by atoms with Crippen LogP contribution in [0.25, 0.3) is 0 Å². The molecule has 0 spiro atoms. The Morgan fingerprint density at radius 2 is 1.95 bits per heavy atom. The highest BCUT2D eigenvalue weighted by atomic mass is 35.5. The largest absolute Gasteiger partial charge is 0.379 e. The Hall–Kier alpha value is -0.320. The smallest absolute Gasteiger partial charge is 0.223 e. The van der Waals surface area contributed by atoms with Crippen LogP contribution in [0.5, 0.6) is 0 Å². The molecule has 1 aliphatic heterocycles. The van der Waals surface area contributed by atoms with Gasteiger partial charge in [0.2, 0.25) is 5.91 Å². The summed E-state index contributed by atoms with van der Waals surface area (Å²) in [5.41, 5.74) is 6.14. The van der Waals surface area contributed by atoms with Gasteiger partial charge in [0.05, 0.1) is 12.1 Å². The average molecular weight is 303 g/mol. The lowest BCUT2D eigenvalue weighted by molar-refractivity contribution is -0.129. The van der Waals surface area contributed by atoms with Gasteiger partial charge in [-0.2, -0.15) is 0 Å². The molecule has 20 heavy (non-hydrogen) atoms. The maximum absolute atomic E-state index is 12.5. The summed E-state index contributed by atoms with van der Waals surface area (Å²) in [4.78, 5) is 12.5. The van der Waals surface area contributed by atoms with Gasteiger partial charge in [-0.25, -0.2) is 0 Å². The fourth-order valence-corrected chi connectivity index (χ4v) is 4.17. The van der Waals surface area contributed by atoms with Gasteiger partial charge in [0.25, 0.3) is 0 Å². The maximum atomic E-state index is 12.5. The van der Waals surface area contributed by atoms with Gasteiger partial charge in [-0.1, -0.05) is 6.42 Å². The molecule has 3 fully saturated rings. The molecule has 3 N–H and O–H groups in total. The van der Waals surface area contributed by atoms with E-state index in [1.807, 2.05) is 0 Å². The van der Waals surface area contributed by atoms with Crippen molar-refractivity contribution in [1.82, 2.24) is 5.32 Å². The van der Waals surface area contributed by atoms with Crippen LogP contribution in [0.4, 0.5) is 0 Å². The van der Waals surface area contributed by atoms with Gasteiger partial charge >= 0.3 is 0 Å². The zero-order valence-electron chi connectivity index (χ0n) is 12.3. The Bertz CT molecular complexity index is 344. The predicted octanol–water partition coefficient (Wildman–Crippen LogP) is 1.86. The number of halogens is 1. The zero-order valence-corrected chi connectivity index (χ0v) is 13.1. The zero-order chi connectivity index (χ0) is 13.5. The number of ether oxygens (including phenoxy) is 1. The Balaban J connectivity index is 0.00000147. The number of hydrogen-bond acceptors (Lipinski definition) is 3. The molecule has 1 saturated heterocycles. The summed E-state index contributed by atoms with van der Waals surface area (Å²) in [5.74, 6) is 1.54. The highest BCUT2D eigenvalue weighted by molar-refractivity contribution is 5.85. The van der Waals surface area contributed by atoms with Crippen molar-refractivity contribution in [2.24, 2.45) is 23.5 Å². The van der Waals surface area contributed by atoms with Gasteiger partial charge in [-0.3, -0.25) is 4.79 Å². The normalized spacial score (nSPS) is 43.7. The van der Waals surface area contributed by atoms with Gasteiger partial charge in [-0.05, 0) is 50.9 Å². The molecular formula is C15H27ClN2O2. The number of nitrogens with one attached hydrogen (secondary N) is 1. The van der Waals surface area contributed by atoms with Crippen molar-refractivity contribution >= 4 is 18.3 Å². The Labute approximate surface area is 127 Å². The first-order chi connectivity index (χ1) is 9.07. The minimum Gasteiger partial charge on any atom is -0.379 e. The van der Waals surface area contributed by atoms with Crippen LogP contribution in [-0.4, -0.2) is 30.7 Å². The van der Waals surface area contributed by atoms with E-state index in [0.717, 1.165) is 25.9 Å². The molecule has 3 aliphatic rings. The maximum Gasteiger partial charge on any atom is 0.223 e. The first kappa shape index (κ1) is 16.1. The number of nitrogens with two attached hydrogens (primary N) is 1. The fraction of sp³-hybridized carbons (Fsp3) is 0.933. The van der Waals surface area contributed by atoms with Crippen LogP contribution in [0.3, 0.4) is 0 Å². The molecule has 4 nitrogen and oxygen atoms in total. The van der Waals surface area contributed by atoms with Crippen LogP contribution in [-0.2, 0) is 9.53 Å². The van der Waals surface area contributed by atoms with E-state index in [-0.39, 0.29) is 29.8 Å². The molecule has 3 rings (SSSR count). The van der Waals surface area contributed by atoms with Crippen molar-refractivity contribution in [1.29, 1.82) is 0 Å². The van der Waals surface area contributed by atoms with Crippen molar-refractivity contribution in [2.75, 3.05) is 13.2 Å². The monoisotopic (exact) mass is 302 g/mol. The summed E-state index contributed by atoms with van der Waals surface area (Å²) >= 11 is 0. The summed E-state index contributed by atoms with van der Waals surface area (Å²) in [6.45, 7) is 3.50. The van der Waals surface area contributed by atoms with Crippen LogP contribution in [0, 0.1) is 17.8 Å². The summed E-state index contributed by atoms with van der Waals surface area (Å²) < 4.78 is 5.41. The fourth-order valence-electron chi connectivity index (χ4n) is 4.17. The Kier molecular flexibility index (Phi) is 4.98. The van der Waals surface area contributed by atoms with E-state index in [2.05, 4.69) is 12.2 Å². The van der Waals surface area contributed by atoms with Crippen molar-refractivity contribution in [3.8, 4) is 0 Å². The molecule has 1 heterocycles. The SMILES string of the molecule is CC1(NC(=O)C2CC3CCCC(C2)C3N)CCOC1.Cl. The lowest BCUT2D eigenvalue weighted by atomic mass is 9.65. The molecule has 2 saturated carbocycles. The molecule has 0 radical (unpaired) electrons. The molecule has 3 atom stereocenters. The second-order valence-electron chi connectivity index (χ2n) is 7.05. The molecule has 3 unspecified atom stereocenters. The van der Waals surface area contributed by atoms with Gasteiger partial charge in [0, 0.05) is 18.6 Å². The molecule has 1 amide bonds. The lowest BCUT2D eigenvalue weighted by Gasteiger charge is -2.44. The molecule has 0 aromatic heterocycles. The molecular weight excluding hydrogens is 276 g/mol. The van der Waals surface area contributed by atoms with Crippen LogP contribution in [0.1, 0.15) is 45.4 Å². The molecule has 116 valence electrons. The Morgan fingerprint density at radius 3 is 2.50 bits per heavy atom. The van der Waals surface area contributed by atoms with Gasteiger partial charge in [0.15, 0.2) is 0 Å². The average Bonchev–Trinajstić information content (AvgIpc) is 2.75. The summed E-state index contributed by atoms with van der Waals surface area (Å²) in [6, 6.07) is 0.336. The second-order valence-corrected chi connectivity index (χ2v) is 7.05. The van der Waals surface area contributed by atoms with E-state index in [9.17, 15) is 4.79 Å². The lowest BCUT2D eigenvalue weighted by Crippen LogP contribution is -2.53. The van der Waals surface area contributed by atoms with Gasteiger partial charge in [-0.15, -0.1) is 12.4 Å². The molecule has 5 heteroatoms. The number of fused-ring (bicyclic) bond motifs is 2. The first-order valence-corrected chi connectivity index (χ1v) is 7.73. The summed E-state index contributed by atoms with van der Waals surface area (Å²) in [5, 5.41) is 3.22. The topological polar surface area (TPSA) is 64.4 Å². The number of carbonyl (C=O) groups excluding carboxylic acids is 1. The van der Waals surface area contributed by atoms with Crippen LogP contribution in [0.2, 0.25) is 0 Å². The van der Waals surface area contributed by atoms with Crippen LogP contribution in [0.15, 0.2) is 0 Å². The van der Waals surface area contributed by atoms with Crippen molar-refractivity contribution < 1.29 is 9.53 Å². The third-order valence-electron chi connectivity index (χ3n) is 5.43. The van der Waals surface area contributed by atoms with Crippen molar-refractivity contribution in [3.05, 3.63) is 0 Å². The van der Waals surface area contributed by atoms with E-state index >= 15 is 0 Å². The predicted molar refractivity (Wildman–Crippen MR) is 80.8 cm³/mol. The third-order valence-corrected chi connectivity index (χ3v) is 5.43. The molecule has 2 bridgehead atoms. The second kappa shape index (κ2) is 6.20. The minimum atomic E-state index is -0.147. The van der Waals surface area contributed by atoms with Crippen LogP contribution < -0.4 is 11.1 Å². The standard InChI is InChI=1S/C15H26N2O2.ClH/c1-15(5-6-19-9-15)17-14(18)12-7-10-3-2-4-11(8-12)13(10)16;/h10-13H,2-9,16H2,1H3,(H,17,18);1H. The number of rotatable bonds is 2. The number of amides is 1. The van der Waals surface area contributed by atoms with E-state index in [1.165, 1.54) is 19.3 Å². The van der Waals surface area contributed by atoms with E-state index in [1.54, 1.807) is 0 Å². The quantitative estimate of drug-likeness (QED) is 0.818. The van der Waals surface area contributed by atoms with Gasteiger partial charge < -0.3 is 15.8 Å². The number of carbonyl (C=O) groups is 1. The molecule has 2 aliphatic carbocycles. The van der Waals surface area contributed by atoms with Crippen molar-refractivity contribution in [3.63, 3.8) is 0 Å². The van der Waals surface area contributed by atoms with E-state index < -0.39 is 0 Å². The molecule has 0 aromatic carbocycles. The molecule has 0 aromatic rings. The van der Waals surface area contributed by atoms with E-state index in [0.29, 0.717) is 24.5 Å². The minimum absolute atomic E-state index is 0. The Morgan fingerprint density at radius 1 is 1.30 bits per heavy atom. The highest BCUT2D eigenvalue weighted by Gasteiger charge is 2.42. The first-order valence-electron chi connectivity index (χ1n) is 7.73. The number of hydrogen-bond donors (Lipinski definition) is 2. The van der Waals surface area contributed by atoms with Gasteiger partial charge in [0.1, 0.15) is 0 Å². The third kappa shape index (κ3) is 3.12. The van der Waals surface area contributed by atoms with Crippen LogP contribution >= 0.6 is 12.4 Å². The van der Waals surface area contributed by atoms with Crippen molar-refractivity contribution in [2.45, 2.75) is 57.0 Å². The summed E-state index contributed by atoms with van der Waals surface area (Å²) in [7, 11) is 0. The van der Waals surface area contributed by atoms with E-state index in [4.69, 9.17) is 10.5 Å². The highest BCUT2D eigenvalue weighted by Crippen LogP contribution is 2.42. The summed E-state index contributed by atoms with van der Waals surface area (Å²) in [6.07, 6.45) is 6.62.